The van der Waals surface area contributed by atoms with Crippen LogP contribution < -0.4 is 5.43 Å². The van der Waals surface area contributed by atoms with Crippen molar-refractivity contribution in [2.75, 3.05) is 0 Å². The Labute approximate surface area is 140 Å². The van der Waals surface area contributed by atoms with E-state index in [0.717, 1.165) is 9.13 Å². The summed E-state index contributed by atoms with van der Waals surface area (Å²) in [6, 6.07) is 13.2. The summed E-state index contributed by atoms with van der Waals surface area (Å²) >= 11 is 2.19. The first kappa shape index (κ1) is 16.1. The highest BCUT2D eigenvalue weighted by Gasteiger charge is 2.11. The lowest BCUT2D eigenvalue weighted by Gasteiger charge is -2.03. The van der Waals surface area contributed by atoms with E-state index in [-0.39, 0.29) is 11.3 Å². The molecule has 0 radical (unpaired) electrons. The standard InChI is InChI=1S/C15H12IN3O3/c1-10(11-4-2-6-13(16)8-11)17-18-15(20)12-5-3-7-14(9-12)19(21)22/h2-9H,1H3,(H,18,20)/b17-10-. The highest BCUT2D eigenvalue weighted by atomic mass is 127. The minimum atomic E-state index is -0.544. The minimum absolute atomic E-state index is 0.133. The summed E-state index contributed by atoms with van der Waals surface area (Å²) in [4.78, 5) is 22.1. The van der Waals surface area contributed by atoms with Gasteiger partial charge in [-0.05, 0) is 53.3 Å². The van der Waals surface area contributed by atoms with Crippen molar-refractivity contribution in [3.05, 3.63) is 73.3 Å². The van der Waals surface area contributed by atoms with Gasteiger partial charge in [0.15, 0.2) is 0 Å². The first-order valence-electron chi connectivity index (χ1n) is 6.32. The molecule has 0 unspecified atom stereocenters. The number of halogens is 1. The van der Waals surface area contributed by atoms with Crippen LogP contribution in [0, 0.1) is 13.7 Å². The van der Waals surface area contributed by atoms with Crippen LogP contribution in [0.1, 0.15) is 22.8 Å². The molecule has 7 heteroatoms. The van der Waals surface area contributed by atoms with Gasteiger partial charge in [-0.2, -0.15) is 5.10 Å². The average molecular weight is 409 g/mol. The molecule has 0 saturated carbocycles. The van der Waals surface area contributed by atoms with Gasteiger partial charge in [0.1, 0.15) is 0 Å². The third-order valence-corrected chi connectivity index (χ3v) is 3.56. The summed E-state index contributed by atoms with van der Waals surface area (Å²) in [5.41, 5.74) is 4.01. The molecule has 6 nitrogen and oxygen atoms in total. The van der Waals surface area contributed by atoms with Crippen LogP contribution >= 0.6 is 22.6 Å². The topological polar surface area (TPSA) is 84.6 Å². The summed E-state index contributed by atoms with van der Waals surface area (Å²) in [7, 11) is 0. The number of rotatable bonds is 4. The van der Waals surface area contributed by atoms with Crippen LogP contribution in [0.15, 0.2) is 53.6 Å². The van der Waals surface area contributed by atoms with E-state index >= 15 is 0 Å². The number of hydrogen-bond donors (Lipinski definition) is 1. The summed E-state index contributed by atoms with van der Waals surface area (Å²) in [6.45, 7) is 1.78. The molecule has 2 aromatic carbocycles. The number of nitrogens with one attached hydrogen (secondary N) is 1. The van der Waals surface area contributed by atoms with Gasteiger partial charge in [0.25, 0.3) is 11.6 Å². The number of carbonyl (C=O) groups excluding carboxylic acids is 1. The van der Waals surface area contributed by atoms with E-state index in [1.807, 2.05) is 24.3 Å². The SMILES string of the molecule is C/C(=N/NC(=O)c1cccc([N+](=O)[O-])c1)c1cccc(I)c1. The van der Waals surface area contributed by atoms with Crippen molar-refractivity contribution >= 4 is 39.9 Å². The number of hydrogen-bond acceptors (Lipinski definition) is 4. The van der Waals surface area contributed by atoms with Gasteiger partial charge < -0.3 is 0 Å². The van der Waals surface area contributed by atoms with Gasteiger partial charge in [0.05, 0.1) is 10.6 Å². The van der Waals surface area contributed by atoms with Gasteiger partial charge in [0, 0.05) is 21.3 Å². The van der Waals surface area contributed by atoms with E-state index in [9.17, 15) is 14.9 Å². The Kier molecular flexibility index (Phi) is 5.21. The van der Waals surface area contributed by atoms with Crippen molar-refractivity contribution in [2.45, 2.75) is 6.92 Å². The van der Waals surface area contributed by atoms with Gasteiger partial charge in [-0.3, -0.25) is 14.9 Å². The number of nitrogens with zero attached hydrogens (tertiary/aromatic N) is 2. The number of hydrazone groups is 1. The first-order chi connectivity index (χ1) is 10.5. The lowest BCUT2D eigenvalue weighted by Crippen LogP contribution is -2.19. The van der Waals surface area contributed by atoms with Crippen molar-refractivity contribution in [1.82, 2.24) is 5.43 Å². The quantitative estimate of drug-likeness (QED) is 0.364. The lowest BCUT2D eigenvalue weighted by atomic mass is 10.1. The molecule has 0 aliphatic rings. The fourth-order valence-corrected chi connectivity index (χ4v) is 2.28. The Hall–Kier alpha value is -2.29. The third kappa shape index (κ3) is 4.10. The van der Waals surface area contributed by atoms with Crippen LogP contribution in [0.3, 0.4) is 0 Å². The van der Waals surface area contributed by atoms with Crippen molar-refractivity contribution in [3.8, 4) is 0 Å². The maximum Gasteiger partial charge on any atom is 0.271 e. The minimum Gasteiger partial charge on any atom is -0.267 e. The second-order valence-corrected chi connectivity index (χ2v) is 5.70. The predicted molar refractivity (Wildman–Crippen MR) is 91.9 cm³/mol. The molecule has 22 heavy (non-hydrogen) atoms. The molecule has 2 rings (SSSR count). The smallest absolute Gasteiger partial charge is 0.267 e. The molecule has 112 valence electrons. The van der Waals surface area contributed by atoms with Crippen LogP contribution in [0.4, 0.5) is 5.69 Å². The molecular formula is C15H12IN3O3. The highest BCUT2D eigenvalue weighted by Crippen LogP contribution is 2.13. The molecule has 0 aromatic heterocycles. The molecule has 0 aliphatic carbocycles. The van der Waals surface area contributed by atoms with E-state index in [4.69, 9.17) is 0 Å². The Balaban J connectivity index is 2.13. The Bertz CT molecular complexity index is 759. The number of amides is 1. The number of nitro groups is 1. The molecule has 0 bridgehead atoms. The number of nitro benzene ring substituents is 1. The van der Waals surface area contributed by atoms with E-state index in [1.165, 1.54) is 24.3 Å². The second-order valence-electron chi connectivity index (χ2n) is 4.46. The lowest BCUT2D eigenvalue weighted by molar-refractivity contribution is -0.384. The van der Waals surface area contributed by atoms with Crippen molar-refractivity contribution in [3.63, 3.8) is 0 Å². The highest BCUT2D eigenvalue weighted by molar-refractivity contribution is 14.1. The number of non-ortho nitro benzene ring substituents is 1. The number of carbonyl (C=O) groups is 1. The van der Waals surface area contributed by atoms with Gasteiger partial charge in [-0.1, -0.05) is 18.2 Å². The number of benzene rings is 2. The molecule has 1 N–H and O–H groups in total. The van der Waals surface area contributed by atoms with Gasteiger partial charge in [-0.25, -0.2) is 5.43 Å². The summed E-state index contributed by atoms with van der Waals surface area (Å²) in [5.74, 6) is -0.492. The molecular weight excluding hydrogens is 397 g/mol. The normalized spacial score (nSPS) is 11.1. The van der Waals surface area contributed by atoms with Crippen LogP contribution in [0.5, 0.6) is 0 Å². The summed E-state index contributed by atoms with van der Waals surface area (Å²) < 4.78 is 1.06. The molecule has 0 aliphatic heterocycles. The van der Waals surface area contributed by atoms with Gasteiger partial charge in [0.2, 0.25) is 0 Å². The van der Waals surface area contributed by atoms with Crippen LogP contribution in [0.2, 0.25) is 0 Å². The zero-order valence-corrected chi connectivity index (χ0v) is 13.8. The van der Waals surface area contributed by atoms with Crippen molar-refractivity contribution < 1.29 is 9.72 Å². The molecule has 0 saturated heterocycles. The Morgan fingerprint density at radius 2 is 1.86 bits per heavy atom. The largest absolute Gasteiger partial charge is 0.271 e. The summed E-state index contributed by atoms with van der Waals surface area (Å²) in [5, 5.41) is 14.7. The zero-order chi connectivity index (χ0) is 16.1. The Morgan fingerprint density at radius 1 is 1.18 bits per heavy atom. The van der Waals surface area contributed by atoms with Gasteiger partial charge in [-0.15, -0.1) is 0 Å². The molecule has 0 heterocycles. The Morgan fingerprint density at radius 3 is 2.55 bits per heavy atom. The van der Waals surface area contributed by atoms with E-state index in [1.54, 1.807) is 6.92 Å². The molecule has 0 fully saturated rings. The molecule has 1 amide bonds. The van der Waals surface area contributed by atoms with E-state index < -0.39 is 10.8 Å². The van der Waals surface area contributed by atoms with Gasteiger partial charge >= 0.3 is 0 Å². The average Bonchev–Trinajstić information content (AvgIpc) is 2.52. The van der Waals surface area contributed by atoms with Crippen molar-refractivity contribution in [2.24, 2.45) is 5.10 Å². The maximum atomic E-state index is 12.0. The molecule has 2 aromatic rings. The van der Waals surface area contributed by atoms with Crippen LogP contribution in [-0.4, -0.2) is 16.5 Å². The van der Waals surface area contributed by atoms with Crippen LogP contribution in [0.25, 0.3) is 0 Å². The second kappa shape index (κ2) is 7.12. The van der Waals surface area contributed by atoms with Crippen LogP contribution in [-0.2, 0) is 0 Å². The summed E-state index contributed by atoms with van der Waals surface area (Å²) in [6.07, 6.45) is 0. The van der Waals surface area contributed by atoms with E-state index in [2.05, 4.69) is 33.1 Å². The monoisotopic (exact) mass is 409 g/mol. The maximum absolute atomic E-state index is 12.0. The van der Waals surface area contributed by atoms with E-state index in [0.29, 0.717) is 5.71 Å². The predicted octanol–water partition coefficient (Wildman–Crippen LogP) is 3.35. The fraction of sp³-hybridized carbons (Fsp3) is 0.0667. The molecule has 0 atom stereocenters. The zero-order valence-electron chi connectivity index (χ0n) is 11.6. The first-order valence-corrected chi connectivity index (χ1v) is 7.40. The fourth-order valence-electron chi connectivity index (χ4n) is 1.74. The third-order valence-electron chi connectivity index (χ3n) is 2.89. The van der Waals surface area contributed by atoms with Crippen molar-refractivity contribution in [1.29, 1.82) is 0 Å². The molecule has 0 spiro atoms.